The maximum atomic E-state index is 11.6. The van der Waals surface area contributed by atoms with Gasteiger partial charge in [-0.3, -0.25) is 9.79 Å². The molecule has 0 aromatic carbocycles. The Bertz CT molecular complexity index is 425. The molecule has 0 atom stereocenters. The Morgan fingerprint density at radius 3 is 2.52 bits per heavy atom. The Balaban J connectivity index is 2.19. The standard InChI is InChI=1S/C15H26N4O2/c1-4-12(5-2)11-19-15(16-3)18-9-8-17-14(20)13-7-6-10-21-13/h6-7,10,12H,4-5,8-9,11H2,1-3H3,(H,17,20)(H2,16,18,19). The summed E-state index contributed by atoms with van der Waals surface area (Å²) in [5, 5.41) is 9.24. The molecule has 6 heteroatoms. The summed E-state index contributed by atoms with van der Waals surface area (Å²) in [6, 6.07) is 3.33. The molecule has 0 aliphatic heterocycles. The van der Waals surface area contributed by atoms with Crippen molar-refractivity contribution in [2.24, 2.45) is 10.9 Å². The first-order valence-corrected chi connectivity index (χ1v) is 7.47. The van der Waals surface area contributed by atoms with Gasteiger partial charge >= 0.3 is 0 Å². The minimum atomic E-state index is -0.207. The van der Waals surface area contributed by atoms with Crippen molar-refractivity contribution in [3.63, 3.8) is 0 Å². The van der Waals surface area contributed by atoms with Gasteiger partial charge in [0, 0.05) is 26.7 Å². The molecule has 0 radical (unpaired) electrons. The van der Waals surface area contributed by atoms with Crippen LogP contribution in [0.4, 0.5) is 0 Å². The van der Waals surface area contributed by atoms with E-state index < -0.39 is 0 Å². The van der Waals surface area contributed by atoms with Crippen LogP contribution in [-0.2, 0) is 0 Å². The fourth-order valence-electron chi connectivity index (χ4n) is 1.89. The molecule has 118 valence electrons. The van der Waals surface area contributed by atoms with Crippen molar-refractivity contribution in [2.75, 3.05) is 26.7 Å². The fraction of sp³-hybridized carbons (Fsp3) is 0.600. The average molecular weight is 294 g/mol. The molecule has 21 heavy (non-hydrogen) atoms. The number of aliphatic imine (C=N–C) groups is 1. The lowest BCUT2D eigenvalue weighted by Crippen LogP contribution is -2.43. The monoisotopic (exact) mass is 294 g/mol. The van der Waals surface area contributed by atoms with E-state index >= 15 is 0 Å². The van der Waals surface area contributed by atoms with Gasteiger partial charge in [0.2, 0.25) is 0 Å². The molecular weight excluding hydrogens is 268 g/mol. The van der Waals surface area contributed by atoms with Gasteiger partial charge in [0.05, 0.1) is 6.26 Å². The Hall–Kier alpha value is -1.98. The lowest BCUT2D eigenvalue weighted by atomic mass is 10.0. The summed E-state index contributed by atoms with van der Waals surface area (Å²) >= 11 is 0. The van der Waals surface area contributed by atoms with E-state index in [2.05, 4.69) is 34.8 Å². The molecule has 0 unspecified atom stereocenters. The molecule has 0 aliphatic carbocycles. The van der Waals surface area contributed by atoms with E-state index in [1.807, 2.05) is 0 Å². The normalized spacial score (nSPS) is 11.5. The Morgan fingerprint density at radius 1 is 1.24 bits per heavy atom. The van der Waals surface area contributed by atoms with Crippen molar-refractivity contribution in [2.45, 2.75) is 26.7 Å². The van der Waals surface area contributed by atoms with Crippen LogP contribution in [0.1, 0.15) is 37.2 Å². The molecule has 1 aromatic heterocycles. The third-order valence-electron chi connectivity index (χ3n) is 3.38. The van der Waals surface area contributed by atoms with E-state index in [-0.39, 0.29) is 5.91 Å². The summed E-state index contributed by atoms with van der Waals surface area (Å²) in [4.78, 5) is 15.8. The van der Waals surface area contributed by atoms with Crippen LogP contribution in [0, 0.1) is 5.92 Å². The molecule has 0 fully saturated rings. The first-order chi connectivity index (χ1) is 10.2. The number of carbonyl (C=O) groups is 1. The number of nitrogens with one attached hydrogen (secondary N) is 3. The van der Waals surface area contributed by atoms with Crippen molar-refractivity contribution in [3.05, 3.63) is 24.2 Å². The molecule has 3 N–H and O–H groups in total. The smallest absolute Gasteiger partial charge is 0.287 e. The first kappa shape index (κ1) is 17.1. The van der Waals surface area contributed by atoms with Gasteiger partial charge in [-0.1, -0.05) is 26.7 Å². The zero-order chi connectivity index (χ0) is 15.5. The van der Waals surface area contributed by atoms with Crippen LogP contribution in [0.25, 0.3) is 0 Å². The minimum Gasteiger partial charge on any atom is -0.459 e. The second-order valence-electron chi connectivity index (χ2n) is 4.80. The van der Waals surface area contributed by atoms with E-state index in [4.69, 9.17) is 4.42 Å². The summed E-state index contributed by atoms with van der Waals surface area (Å²) in [6.07, 6.45) is 3.79. The molecule has 6 nitrogen and oxygen atoms in total. The zero-order valence-corrected chi connectivity index (χ0v) is 13.1. The average Bonchev–Trinajstić information content (AvgIpc) is 3.04. The van der Waals surface area contributed by atoms with Gasteiger partial charge in [0.15, 0.2) is 11.7 Å². The highest BCUT2D eigenvalue weighted by molar-refractivity contribution is 5.91. The molecular formula is C15H26N4O2. The van der Waals surface area contributed by atoms with Crippen LogP contribution in [0.15, 0.2) is 27.8 Å². The predicted octanol–water partition coefficient (Wildman–Crippen LogP) is 1.61. The number of hydrogen-bond acceptors (Lipinski definition) is 3. The zero-order valence-electron chi connectivity index (χ0n) is 13.1. The topological polar surface area (TPSA) is 78.7 Å². The summed E-state index contributed by atoms with van der Waals surface area (Å²) in [5.74, 6) is 1.53. The quantitative estimate of drug-likeness (QED) is 0.387. The van der Waals surface area contributed by atoms with Gasteiger partial charge in [-0.15, -0.1) is 0 Å². The molecule has 1 heterocycles. The van der Waals surface area contributed by atoms with Gasteiger partial charge < -0.3 is 20.4 Å². The molecule has 1 aromatic rings. The molecule has 1 rings (SSSR count). The van der Waals surface area contributed by atoms with Crippen molar-refractivity contribution >= 4 is 11.9 Å². The highest BCUT2D eigenvalue weighted by atomic mass is 16.3. The van der Waals surface area contributed by atoms with E-state index in [1.54, 1.807) is 19.2 Å². The molecule has 1 amide bonds. The predicted molar refractivity (Wildman–Crippen MR) is 84.5 cm³/mol. The van der Waals surface area contributed by atoms with Gasteiger partial charge in [-0.25, -0.2) is 0 Å². The Morgan fingerprint density at radius 2 is 1.95 bits per heavy atom. The molecule has 0 saturated carbocycles. The number of hydrogen-bond donors (Lipinski definition) is 3. The SMILES string of the molecule is CCC(CC)CNC(=NC)NCCNC(=O)c1ccco1. The Kier molecular flexibility index (Phi) is 8.01. The highest BCUT2D eigenvalue weighted by Gasteiger charge is 2.07. The number of carbonyl (C=O) groups excluding carboxylic acids is 1. The fourth-order valence-corrected chi connectivity index (χ4v) is 1.89. The van der Waals surface area contributed by atoms with Crippen molar-refractivity contribution in [1.29, 1.82) is 0 Å². The molecule has 0 aliphatic rings. The number of rotatable bonds is 8. The van der Waals surface area contributed by atoms with Crippen LogP contribution in [-0.4, -0.2) is 38.5 Å². The molecule has 0 bridgehead atoms. The number of nitrogens with zero attached hydrogens (tertiary/aromatic N) is 1. The second-order valence-corrected chi connectivity index (χ2v) is 4.80. The second kappa shape index (κ2) is 9.85. The van der Waals surface area contributed by atoms with Crippen LogP contribution in [0.2, 0.25) is 0 Å². The third kappa shape index (κ3) is 6.33. The van der Waals surface area contributed by atoms with Gasteiger partial charge in [-0.05, 0) is 18.1 Å². The lowest BCUT2D eigenvalue weighted by Gasteiger charge is -2.16. The van der Waals surface area contributed by atoms with Crippen molar-refractivity contribution < 1.29 is 9.21 Å². The van der Waals surface area contributed by atoms with Crippen LogP contribution < -0.4 is 16.0 Å². The van der Waals surface area contributed by atoms with Crippen molar-refractivity contribution in [1.82, 2.24) is 16.0 Å². The number of furan rings is 1. The third-order valence-corrected chi connectivity index (χ3v) is 3.38. The van der Waals surface area contributed by atoms with E-state index in [9.17, 15) is 4.79 Å². The maximum absolute atomic E-state index is 11.6. The summed E-state index contributed by atoms with van der Waals surface area (Å²) < 4.78 is 5.02. The first-order valence-electron chi connectivity index (χ1n) is 7.47. The van der Waals surface area contributed by atoms with Crippen LogP contribution in [0.5, 0.6) is 0 Å². The van der Waals surface area contributed by atoms with Gasteiger partial charge in [0.1, 0.15) is 0 Å². The van der Waals surface area contributed by atoms with Crippen molar-refractivity contribution in [3.8, 4) is 0 Å². The number of guanidine groups is 1. The van der Waals surface area contributed by atoms with E-state index in [1.165, 1.54) is 6.26 Å². The van der Waals surface area contributed by atoms with E-state index in [0.29, 0.717) is 24.8 Å². The maximum Gasteiger partial charge on any atom is 0.287 e. The summed E-state index contributed by atoms with van der Waals surface area (Å²) in [6.45, 7) is 6.40. The Labute approximate surface area is 126 Å². The lowest BCUT2D eigenvalue weighted by molar-refractivity contribution is 0.0926. The van der Waals surface area contributed by atoms with Crippen LogP contribution in [0.3, 0.4) is 0 Å². The number of amides is 1. The van der Waals surface area contributed by atoms with Crippen LogP contribution >= 0.6 is 0 Å². The van der Waals surface area contributed by atoms with E-state index in [0.717, 1.165) is 25.3 Å². The van der Waals surface area contributed by atoms with Gasteiger partial charge in [0.25, 0.3) is 5.91 Å². The minimum absolute atomic E-state index is 0.207. The largest absolute Gasteiger partial charge is 0.459 e. The summed E-state index contributed by atoms with van der Waals surface area (Å²) in [7, 11) is 1.74. The summed E-state index contributed by atoms with van der Waals surface area (Å²) in [5.41, 5.74) is 0. The molecule has 0 spiro atoms. The molecule has 0 saturated heterocycles. The highest BCUT2D eigenvalue weighted by Crippen LogP contribution is 2.04. The van der Waals surface area contributed by atoms with Gasteiger partial charge in [-0.2, -0.15) is 0 Å².